The Bertz CT molecular complexity index is 1410. The summed E-state index contributed by atoms with van der Waals surface area (Å²) in [7, 11) is 0. The maximum atomic E-state index is 13.1. The first-order valence-electron chi connectivity index (χ1n) is 10.5. The molecule has 0 atom stereocenters. The molecule has 2 aromatic heterocycles. The van der Waals surface area contributed by atoms with Crippen LogP contribution in [0, 0.1) is 20.8 Å². The zero-order valence-electron chi connectivity index (χ0n) is 18.6. The van der Waals surface area contributed by atoms with E-state index in [2.05, 4.69) is 15.6 Å². The number of nitrogens with zero attached hydrogens (tertiary/aromatic N) is 2. The first kappa shape index (κ1) is 22.4. The normalized spacial score (nSPS) is 10.9. The topological polar surface area (TPSA) is 93.1 Å². The summed E-state index contributed by atoms with van der Waals surface area (Å²) in [5.74, 6) is -0.572. The summed E-state index contributed by atoms with van der Waals surface area (Å²) < 4.78 is 1.27. The average Bonchev–Trinajstić information content (AvgIpc) is 3.14. The molecule has 4 rings (SSSR count). The van der Waals surface area contributed by atoms with Gasteiger partial charge in [0.15, 0.2) is 0 Å². The molecule has 0 aliphatic heterocycles. The van der Waals surface area contributed by atoms with Crippen LogP contribution >= 0.6 is 11.3 Å². The largest absolute Gasteiger partial charge is 0.350 e. The molecule has 2 amide bonds. The summed E-state index contributed by atoms with van der Waals surface area (Å²) >= 11 is 1.17. The number of fused-ring (bicyclic) bond motifs is 1. The molecule has 168 valence electrons. The van der Waals surface area contributed by atoms with Crippen LogP contribution in [-0.4, -0.2) is 21.4 Å². The smallest absolute Gasteiger partial charge is 0.266 e. The molecule has 0 aliphatic rings. The zero-order chi connectivity index (χ0) is 23.5. The molecule has 0 spiro atoms. The maximum Gasteiger partial charge on any atom is 0.266 e. The Morgan fingerprint density at radius 3 is 2.55 bits per heavy atom. The fraction of sp³-hybridized carbons (Fsp3) is 0.200. The van der Waals surface area contributed by atoms with E-state index in [9.17, 15) is 14.4 Å². The summed E-state index contributed by atoms with van der Waals surface area (Å²) in [5, 5.41) is 6.10. The number of benzene rings is 2. The third kappa shape index (κ3) is 4.85. The average molecular weight is 461 g/mol. The summed E-state index contributed by atoms with van der Waals surface area (Å²) in [6.45, 7) is 5.90. The van der Waals surface area contributed by atoms with Crippen LogP contribution in [0.5, 0.6) is 0 Å². The molecule has 33 heavy (non-hydrogen) atoms. The Morgan fingerprint density at radius 1 is 1.06 bits per heavy atom. The number of amides is 2. The number of carbonyl (C=O) groups excluding carboxylic acids is 2. The molecule has 7 nitrogen and oxygen atoms in total. The molecule has 8 heteroatoms. The lowest BCUT2D eigenvalue weighted by molar-refractivity contribution is -0.121. The molecule has 0 saturated carbocycles. The lowest BCUT2D eigenvalue weighted by Crippen LogP contribution is -2.32. The Kier molecular flexibility index (Phi) is 6.37. The van der Waals surface area contributed by atoms with Crippen LogP contribution in [-0.2, 0) is 17.9 Å². The van der Waals surface area contributed by atoms with E-state index in [0.29, 0.717) is 27.2 Å². The summed E-state index contributed by atoms with van der Waals surface area (Å²) in [6, 6.07) is 15.3. The van der Waals surface area contributed by atoms with E-state index < -0.39 is 0 Å². The third-order valence-electron chi connectivity index (χ3n) is 5.40. The molecule has 0 radical (unpaired) electrons. The lowest BCUT2D eigenvalue weighted by atomic mass is 10.1. The molecule has 4 aromatic rings. The highest BCUT2D eigenvalue weighted by Gasteiger charge is 2.20. The quantitative estimate of drug-likeness (QED) is 0.456. The molecule has 0 fully saturated rings. The second-order valence-electron chi connectivity index (χ2n) is 7.95. The van der Waals surface area contributed by atoms with Gasteiger partial charge in [-0.3, -0.25) is 19.0 Å². The van der Waals surface area contributed by atoms with Crippen molar-refractivity contribution in [3.8, 4) is 0 Å². The van der Waals surface area contributed by atoms with Gasteiger partial charge in [0.1, 0.15) is 11.4 Å². The highest BCUT2D eigenvalue weighted by atomic mass is 32.1. The van der Waals surface area contributed by atoms with Crippen molar-refractivity contribution in [3.05, 3.63) is 92.3 Å². The van der Waals surface area contributed by atoms with Gasteiger partial charge < -0.3 is 10.6 Å². The molecule has 0 unspecified atom stereocenters. The number of hydrogen-bond donors (Lipinski definition) is 2. The minimum absolute atomic E-state index is 0.145. The molecule has 0 saturated heterocycles. The van der Waals surface area contributed by atoms with Gasteiger partial charge in [-0.05, 0) is 43.5 Å². The maximum absolute atomic E-state index is 13.1. The van der Waals surface area contributed by atoms with E-state index >= 15 is 0 Å². The fourth-order valence-corrected chi connectivity index (χ4v) is 4.66. The highest BCUT2D eigenvalue weighted by molar-refractivity contribution is 7.20. The van der Waals surface area contributed by atoms with Crippen molar-refractivity contribution < 1.29 is 9.59 Å². The van der Waals surface area contributed by atoms with E-state index in [4.69, 9.17) is 0 Å². The fourth-order valence-electron chi connectivity index (χ4n) is 3.63. The Hall–Kier alpha value is -3.78. The van der Waals surface area contributed by atoms with E-state index in [1.54, 1.807) is 6.92 Å². The molecular formula is C25H24N4O3S. The summed E-state index contributed by atoms with van der Waals surface area (Å²) in [5.41, 5.74) is 4.00. The van der Waals surface area contributed by atoms with Crippen LogP contribution in [0.1, 0.15) is 31.9 Å². The van der Waals surface area contributed by atoms with Gasteiger partial charge in [0.05, 0.1) is 16.6 Å². The van der Waals surface area contributed by atoms with E-state index in [0.717, 1.165) is 22.4 Å². The van der Waals surface area contributed by atoms with Crippen LogP contribution < -0.4 is 16.2 Å². The van der Waals surface area contributed by atoms with Crippen molar-refractivity contribution in [2.75, 3.05) is 5.32 Å². The van der Waals surface area contributed by atoms with Gasteiger partial charge >= 0.3 is 0 Å². The van der Waals surface area contributed by atoms with Gasteiger partial charge in [-0.25, -0.2) is 4.98 Å². The SMILES string of the molecule is Cc1ccc(NC(=O)c2sc3ncn(CC(=O)NCc4ccccc4)c(=O)c3c2C)c(C)c1. The second-order valence-corrected chi connectivity index (χ2v) is 8.95. The van der Waals surface area contributed by atoms with E-state index in [1.807, 2.05) is 62.4 Å². The first-order chi connectivity index (χ1) is 15.8. The van der Waals surface area contributed by atoms with Crippen molar-refractivity contribution in [1.82, 2.24) is 14.9 Å². The molecular weight excluding hydrogens is 436 g/mol. The van der Waals surface area contributed by atoms with E-state index in [-0.39, 0.29) is 23.9 Å². The standard InChI is InChI=1S/C25H24N4O3S/c1-15-9-10-19(16(2)11-15)28-23(31)22-17(3)21-24(33-22)27-14-29(25(21)32)13-20(30)26-12-18-7-5-4-6-8-18/h4-11,14H,12-13H2,1-3H3,(H,26,30)(H,28,31). The van der Waals surface area contributed by atoms with Gasteiger partial charge in [0, 0.05) is 12.2 Å². The van der Waals surface area contributed by atoms with Crippen LogP contribution in [0.15, 0.2) is 59.7 Å². The minimum atomic E-state index is -0.339. The van der Waals surface area contributed by atoms with Crippen LogP contribution in [0.4, 0.5) is 5.69 Å². The van der Waals surface area contributed by atoms with Crippen molar-refractivity contribution in [2.24, 2.45) is 0 Å². The Labute approximate surface area is 195 Å². The van der Waals surface area contributed by atoms with Gasteiger partial charge in [-0.1, -0.05) is 48.0 Å². The van der Waals surface area contributed by atoms with Gasteiger partial charge in [-0.15, -0.1) is 11.3 Å². The number of aryl methyl sites for hydroxylation is 3. The van der Waals surface area contributed by atoms with Gasteiger partial charge in [-0.2, -0.15) is 0 Å². The third-order valence-corrected chi connectivity index (χ3v) is 6.60. The van der Waals surface area contributed by atoms with Gasteiger partial charge in [0.25, 0.3) is 11.5 Å². The van der Waals surface area contributed by atoms with Crippen molar-refractivity contribution in [1.29, 1.82) is 0 Å². The highest BCUT2D eigenvalue weighted by Crippen LogP contribution is 2.28. The molecule has 0 bridgehead atoms. The van der Waals surface area contributed by atoms with Gasteiger partial charge in [0.2, 0.25) is 5.91 Å². The Morgan fingerprint density at radius 2 is 1.82 bits per heavy atom. The number of rotatable bonds is 6. The number of carbonyl (C=O) groups is 2. The van der Waals surface area contributed by atoms with Crippen molar-refractivity contribution in [2.45, 2.75) is 33.9 Å². The summed E-state index contributed by atoms with van der Waals surface area (Å²) in [4.78, 5) is 43.6. The first-order valence-corrected chi connectivity index (χ1v) is 11.3. The molecule has 2 aromatic carbocycles. The second kappa shape index (κ2) is 9.38. The zero-order valence-corrected chi connectivity index (χ0v) is 19.5. The van der Waals surface area contributed by atoms with Crippen LogP contribution in [0.2, 0.25) is 0 Å². The number of thiophene rings is 1. The minimum Gasteiger partial charge on any atom is -0.350 e. The van der Waals surface area contributed by atoms with E-state index in [1.165, 1.54) is 22.2 Å². The number of nitrogens with one attached hydrogen (secondary N) is 2. The summed E-state index contributed by atoms with van der Waals surface area (Å²) in [6.07, 6.45) is 1.36. The Balaban J connectivity index is 1.54. The predicted molar refractivity (Wildman–Crippen MR) is 131 cm³/mol. The predicted octanol–water partition coefficient (Wildman–Crippen LogP) is 3.95. The van der Waals surface area contributed by atoms with Crippen LogP contribution in [0.25, 0.3) is 10.2 Å². The number of hydrogen-bond acceptors (Lipinski definition) is 5. The number of anilines is 1. The molecule has 2 heterocycles. The number of aromatic nitrogens is 2. The van der Waals surface area contributed by atoms with Crippen LogP contribution in [0.3, 0.4) is 0 Å². The lowest BCUT2D eigenvalue weighted by Gasteiger charge is -2.08. The van der Waals surface area contributed by atoms with Crippen molar-refractivity contribution >= 4 is 39.1 Å². The molecule has 0 aliphatic carbocycles. The van der Waals surface area contributed by atoms with Crippen molar-refractivity contribution in [3.63, 3.8) is 0 Å². The molecule has 2 N–H and O–H groups in total. The monoisotopic (exact) mass is 460 g/mol.